The molecule has 2 aromatic heterocycles. The van der Waals surface area contributed by atoms with E-state index in [1.165, 1.54) is 0 Å². The first-order chi connectivity index (χ1) is 13.1. The number of aryl methyl sites for hydroxylation is 1. The molecule has 3 aromatic rings. The number of carbonyl (C=O) groups excluding carboxylic acids is 1. The van der Waals surface area contributed by atoms with Gasteiger partial charge in [-0.2, -0.15) is 0 Å². The molecule has 6 nitrogen and oxygen atoms in total. The summed E-state index contributed by atoms with van der Waals surface area (Å²) in [6.45, 7) is 3.74. The highest BCUT2D eigenvalue weighted by Gasteiger charge is 2.21. The Bertz CT molecular complexity index is 966. The number of aliphatic hydroxyl groups excluding tert-OH is 1. The highest BCUT2D eigenvalue weighted by Crippen LogP contribution is 2.24. The topological polar surface area (TPSA) is 78.6 Å². The lowest BCUT2D eigenvalue weighted by Gasteiger charge is -2.32. The molecular weight excluding hydrogens is 342 g/mol. The van der Waals surface area contributed by atoms with Crippen molar-refractivity contribution >= 4 is 22.7 Å². The van der Waals surface area contributed by atoms with Crippen LogP contribution in [-0.2, 0) is 6.54 Å². The van der Waals surface area contributed by atoms with E-state index in [2.05, 4.69) is 15.2 Å². The number of hydrogen-bond acceptors (Lipinski definition) is 5. The molecule has 0 bridgehead atoms. The van der Waals surface area contributed by atoms with Crippen molar-refractivity contribution in [1.82, 2.24) is 10.3 Å². The van der Waals surface area contributed by atoms with Crippen LogP contribution in [0.2, 0.25) is 0 Å². The lowest BCUT2D eigenvalue weighted by atomic mass is 10.1. The number of nitrogens with zero attached hydrogens (tertiary/aromatic N) is 2. The number of anilines is 1. The fourth-order valence-corrected chi connectivity index (χ4v) is 3.58. The fraction of sp³-hybridized carbons (Fsp3) is 0.333. The Kier molecular flexibility index (Phi) is 4.81. The van der Waals surface area contributed by atoms with E-state index in [0.29, 0.717) is 18.8 Å². The highest BCUT2D eigenvalue weighted by molar-refractivity contribution is 5.96. The first kappa shape index (κ1) is 17.5. The molecule has 1 aromatic carbocycles. The molecule has 1 amide bonds. The fourth-order valence-electron chi connectivity index (χ4n) is 3.58. The summed E-state index contributed by atoms with van der Waals surface area (Å²) in [5.41, 5.74) is 2.67. The van der Waals surface area contributed by atoms with Crippen molar-refractivity contribution in [2.45, 2.75) is 32.4 Å². The van der Waals surface area contributed by atoms with Crippen LogP contribution in [0.5, 0.6) is 0 Å². The standard InChI is InChI=1S/C21H23N3O3/c1-14-5-2-6-15-11-18(27-19(14)15)21(26)23-12-16-7-3-9-22-20(16)24-10-4-8-17(25)13-24/h2-3,5-7,9,11,17,25H,4,8,10,12-13H2,1H3,(H,23,26)/t17-/m0/s1. The largest absolute Gasteiger partial charge is 0.451 e. The maximum Gasteiger partial charge on any atom is 0.287 e. The number of aliphatic hydroxyl groups is 1. The Balaban J connectivity index is 1.49. The molecule has 6 heteroatoms. The molecule has 1 aliphatic rings. The Morgan fingerprint density at radius 3 is 3.07 bits per heavy atom. The predicted molar refractivity (Wildman–Crippen MR) is 104 cm³/mol. The number of furan rings is 1. The van der Waals surface area contributed by atoms with Crippen molar-refractivity contribution in [3.05, 3.63) is 59.5 Å². The first-order valence-electron chi connectivity index (χ1n) is 9.26. The summed E-state index contributed by atoms with van der Waals surface area (Å²) < 4.78 is 5.74. The third kappa shape index (κ3) is 3.66. The first-order valence-corrected chi connectivity index (χ1v) is 9.26. The maximum atomic E-state index is 12.6. The van der Waals surface area contributed by atoms with Gasteiger partial charge in [0.05, 0.1) is 6.10 Å². The van der Waals surface area contributed by atoms with E-state index in [-0.39, 0.29) is 12.0 Å². The van der Waals surface area contributed by atoms with Crippen LogP contribution in [-0.4, -0.2) is 35.2 Å². The van der Waals surface area contributed by atoms with Gasteiger partial charge in [0.2, 0.25) is 0 Å². The minimum Gasteiger partial charge on any atom is -0.451 e. The van der Waals surface area contributed by atoms with Gasteiger partial charge in [0, 0.05) is 36.8 Å². The van der Waals surface area contributed by atoms with Gasteiger partial charge in [0.15, 0.2) is 5.76 Å². The molecule has 0 saturated carbocycles. The number of para-hydroxylation sites is 1. The highest BCUT2D eigenvalue weighted by atomic mass is 16.3. The van der Waals surface area contributed by atoms with E-state index in [0.717, 1.165) is 47.3 Å². The quantitative estimate of drug-likeness (QED) is 0.743. The number of nitrogens with one attached hydrogen (secondary N) is 1. The summed E-state index contributed by atoms with van der Waals surface area (Å²) in [4.78, 5) is 19.1. The zero-order valence-electron chi connectivity index (χ0n) is 15.3. The number of benzene rings is 1. The zero-order valence-corrected chi connectivity index (χ0v) is 15.3. The minimum absolute atomic E-state index is 0.251. The normalized spacial score (nSPS) is 17.3. The SMILES string of the molecule is Cc1cccc2cc(C(=O)NCc3cccnc3N3CCC[C@H](O)C3)oc12. The molecule has 1 fully saturated rings. The number of aromatic nitrogens is 1. The summed E-state index contributed by atoms with van der Waals surface area (Å²) in [5.74, 6) is 0.870. The van der Waals surface area contributed by atoms with Crippen LogP contribution in [0.25, 0.3) is 11.0 Å². The van der Waals surface area contributed by atoms with E-state index in [9.17, 15) is 9.90 Å². The van der Waals surface area contributed by atoms with Crippen molar-refractivity contribution in [2.75, 3.05) is 18.0 Å². The van der Waals surface area contributed by atoms with Crippen LogP contribution in [0.4, 0.5) is 5.82 Å². The van der Waals surface area contributed by atoms with E-state index >= 15 is 0 Å². The van der Waals surface area contributed by atoms with E-state index in [1.54, 1.807) is 12.3 Å². The second-order valence-corrected chi connectivity index (χ2v) is 7.01. The van der Waals surface area contributed by atoms with Crippen LogP contribution >= 0.6 is 0 Å². The summed E-state index contributed by atoms with van der Waals surface area (Å²) >= 11 is 0. The molecule has 140 valence electrons. The van der Waals surface area contributed by atoms with Gasteiger partial charge in [-0.05, 0) is 37.5 Å². The van der Waals surface area contributed by atoms with Gasteiger partial charge in [0.25, 0.3) is 5.91 Å². The van der Waals surface area contributed by atoms with E-state index < -0.39 is 0 Å². The molecule has 1 saturated heterocycles. The smallest absolute Gasteiger partial charge is 0.287 e. The lowest BCUT2D eigenvalue weighted by Crippen LogP contribution is -2.39. The predicted octanol–water partition coefficient (Wildman–Crippen LogP) is 3.03. The molecule has 3 heterocycles. The summed E-state index contributed by atoms with van der Waals surface area (Å²) in [6, 6.07) is 11.4. The summed E-state index contributed by atoms with van der Waals surface area (Å²) in [5, 5.41) is 13.8. The van der Waals surface area contributed by atoms with Gasteiger partial charge in [-0.15, -0.1) is 0 Å². The molecule has 27 heavy (non-hydrogen) atoms. The number of piperidine rings is 1. The second-order valence-electron chi connectivity index (χ2n) is 7.01. The van der Waals surface area contributed by atoms with Gasteiger partial charge >= 0.3 is 0 Å². The van der Waals surface area contributed by atoms with Gasteiger partial charge in [-0.25, -0.2) is 4.98 Å². The Labute approximate surface area is 157 Å². The molecule has 2 N–H and O–H groups in total. The van der Waals surface area contributed by atoms with Crippen molar-refractivity contribution in [1.29, 1.82) is 0 Å². The Morgan fingerprint density at radius 1 is 1.37 bits per heavy atom. The van der Waals surface area contributed by atoms with Crippen LogP contribution in [0, 0.1) is 6.92 Å². The van der Waals surface area contributed by atoms with Crippen LogP contribution in [0.15, 0.2) is 47.0 Å². The van der Waals surface area contributed by atoms with Gasteiger partial charge in [-0.3, -0.25) is 4.79 Å². The Hall–Kier alpha value is -2.86. The zero-order chi connectivity index (χ0) is 18.8. The van der Waals surface area contributed by atoms with Crippen LogP contribution < -0.4 is 10.2 Å². The molecule has 0 unspecified atom stereocenters. The van der Waals surface area contributed by atoms with Crippen molar-refractivity contribution in [3.8, 4) is 0 Å². The third-order valence-electron chi connectivity index (χ3n) is 4.97. The van der Waals surface area contributed by atoms with Gasteiger partial charge in [0.1, 0.15) is 11.4 Å². The number of fused-ring (bicyclic) bond motifs is 1. The van der Waals surface area contributed by atoms with Crippen LogP contribution in [0.1, 0.15) is 34.5 Å². The van der Waals surface area contributed by atoms with E-state index in [4.69, 9.17) is 4.42 Å². The second kappa shape index (κ2) is 7.40. The Morgan fingerprint density at radius 2 is 2.26 bits per heavy atom. The molecular formula is C21H23N3O3. The summed E-state index contributed by atoms with van der Waals surface area (Å²) in [6.07, 6.45) is 3.16. The van der Waals surface area contributed by atoms with Crippen molar-refractivity contribution in [2.24, 2.45) is 0 Å². The molecule has 0 radical (unpaired) electrons. The van der Waals surface area contributed by atoms with Gasteiger partial charge in [-0.1, -0.05) is 24.3 Å². The average molecular weight is 365 g/mol. The molecule has 4 rings (SSSR count). The lowest BCUT2D eigenvalue weighted by molar-refractivity contribution is 0.0925. The molecule has 1 atom stereocenters. The van der Waals surface area contributed by atoms with Crippen molar-refractivity contribution < 1.29 is 14.3 Å². The number of rotatable bonds is 4. The maximum absolute atomic E-state index is 12.6. The number of hydrogen-bond donors (Lipinski definition) is 2. The number of β-amino-alcohol motifs (C(OH)–C–C–N with tert-alkyl or cyclic N) is 1. The molecule has 1 aliphatic heterocycles. The monoisotopic (exact) mass is 365 g/mol. The number of carbonyl (C=O) groups is 1. The number of pyridine rings is 1. The van der Waals surface area contributed by atoms with Crippen molar-refractivity contribution in [3.63, 3.8) is 0 Å². The minimum atomic E-state index is -0.331. The van der Waals surface area contributed by atoms with Crippen LogP contribution in [0.3, 0.4) is 0 Å². The molecule has 0 aliphatic carbocycles. The van der Waals surface area contributed by atoms with Gasteiger partial charge < -0.3 is 19.7 Å². The number of amides is 1. The third-order valence-corrected chi connectivity index (χ3v) is 4.97. The summed E-state index contributed by atoms with van der Waals surface area (Å²) in [7, 11) is 0. The average Bonchev–Trinajstić information content (AvgIpc) is 3.12. The molecule has 0 spiro atoms. The van der Waals surface area contributed by atoms with E-state index in [1.807, 2.05) is 37.3 Å².